The second-order valence-corrected chi connectivity index (χ2v) is 6.53. The highest BCUT2D eigenvalue weighted by Crippen LogP contribution is 2.19. The fraction of sp³-hybridized carbons (Fsp3) is 0.474. The molecule has 0 saturated carbocycles. The zero-order valence-corrected chi connectivity index (χ0v) is 14.9. The van der Waals surface area contributed by atoms with Crippen molar-refractivity contribution >= 4 is 22.6 Å². The lowest BCUT2D eigenvalue weighted by Gasteiger charge is -2.35. The zero-order chi connectivity index (χ0) is 18.5. The number of esters is 1. The molecule has 1 fully saturated rings. The number of likely N-dealkylation sites (tertiary alicyclic amines) is 1. The van der Waals surface area contributed by atoms with Gasteiger partial charge in [-0.3, -0.25) is 14.4 Å². The second-order valence-electron chi connectivity index (χ2n) is 6.53. The number of amides is 1. The van der Waals surface area contributed by atoms with E-state index in [-0.39, 0.29) is 30.5 Å². The van der Waals surface area contributed by atoms with Gasteiger partial charge in [-0.15, -0.1) is 0 Å². The quantitative estimate of drug-likeness (QED) is 0.824. The Morgan fingerprint density at radius 2 is 2.04 bits per heavy atom. The number of H-pyrrole nitrogens is 1. The molecule has 0 unspecified atom stereocenters. The van der Waals surface area contributed by atoms with Crippen LogP contribution < -0.4 is 5.56 Å². The Balaban J connectivity index is 1.62. The van der Waals surface area contributed by atoms with Gasteiger partial charge in [-0.1, -0.05) is 25.1 Å². The van der Waals surface area contributed by atoms with Crippen LogP contribution in [0.4, 0.5) is 0 Å². The van der Waals surface area contributed by atoms with Crippen LogP contribution >= 0.6 is 0 Å². The molecule has 26 heavy (non-hydrogen) atoms. The van der Waals surface area contributed by atoms with Gasteiger partial charge in [-0.25, -0.2) is 5.10 Å². The summed E-state index contributed by atoms with van der Waals surface area (Å²) >= 11 is 0. The molecular formula is C19H23N3O4. The molecule has 1 aliphatic heterocycles. The van der Waals surface area contributed by atoms with Gasteiger partial charge in [0.2, 0.25) is 0 Å². The summed E-state index contributed by atoms with van der Waals surface area (Å²) < 4.78 is 5.17. The molecule has 2 heterocycles. The number of carbonyl (C=O) groups excluding carboxylic acids is 2. The van der Waals surface area contributed by atoms with Gasteiger partial charge < -0.3 is 9.64 Å². The number of carbonyl (C=O) groups is 2. The minimum Gasteiger partial charge on any atom is -0.455 e. The van der Waals surface area contributed by atoms with E-state index in [0.29, 0.717) is 16.5 Å². The van der Waals surface area contributed by atoms with Crippen molar-refractivity contribution in [3.05, 3.63) is 40.3 Å². The standard InChI is InChI=1S/C19H23N3O4/c1-2-13-7-5-6-10-22(13)17(23)12-26-18(24)11-16-14-8-3-4-9-15(14)19(25)21-20-16/h3-4,8-9,13H,2,5-7,10-12H2,1H3,(H,21,25)/t13-/m0/s1. The van der Waals surface area contributed by atoms with E-state index < -0.39 is 5.97 Å². The molecule has 1 saturated heterocycles. The first kappa shape index (κ1) is 18.1. The van der Waals surface area contributed by atoms with E-state index in [1.165, 1.54) is 0 Å². The molecule has 1 aromatic heterocycles. The van der Waals surface area contributed by atoms with Crippen LogP contribution in [0.2, 0.25) is 0 Å². The van der Waals surface area contributed by atoms with Crippen molar-refractivity contribution in [1.29, 1.82) is 0 Å². The zero-order valence-electron chi connectivity index (χ0n) is 14.9. The largest absolute Gasteiger partial charge is 0.455 e. The predicted octanol–water partition coefficient (Wildman–Crippen LogP) is 1.80. The third-order valence-corrected chi connectivity index (χ3v) is 4.86. The highest BCUT2D eigenvalue weighted by atomic mass is 16.5. The van der Waals surface area contributed by atoms with E-state index in [1.54, 1.807) is 24.3 Å². The average molecular weight is 357 g/mol. The van der Waals surface area contributed by atoms with Crippen LogP contribution in [0.25, 0.3) is 10.8 Å². The summed E-state index contributed by atoms with van der Waals surface area (Å²) in [6.45, 7) is 2.53. The normalized spacial score (nSPS) is 17.3. The van der Waals surface area contributed by atoms with Gasteiger partial charge in [-0.2, -0.15) is 5.10 Å². The van der Waals surface area contributed by atoms with Crippen molar-refractivity contribution in [3.63, 3.8) is 0 Å². The monoisotopic (exact) mass is 357 g/mol. The molecular weight excluding hydrogens is 334 g/mol. The van der Waals surface area contributed by atoms with Gasteiger partial charge in [0.25, 0.3) is 11.5 Å². The van der Waals surface area contributed by atoms with Crippen LogP contribution in [-0.4, -0.2) is 46.2 Å². The van der Waals surface area contributed by atoms with E-state index in [0.717, 1.165) is 32.2 Å². The smallest absolute Gasteiger partial charge is 0.312 e. The first-order chi connectivity index (χ1) is 12.6. The van der Waals surface area contributed by atoms with Gasteiger partial charge in [0.15, 0.2) is 6.61 Å². The number of aromatic nitrogens is 2. The fourth-order valence-electron chi connectivity index (χ4n) is 3.47. The van der Waals surface area contributed by atoms with E-state index in [2.05, 4.69) is 17.1 Å². The van der Waals surface area contributed by atoms with Crippen molar-refractivity contribution in [2.45, 2.75) is 45.1 Å². The van der Waals surface area contributed by atoms with Crippen molar-refractivity contribution in [2.75, 3.05) is 13.2 Å². The summed E-state index contributed by atoms with van der Waals surface area (Å²) in [5, 5.41) is 7.43. The van der Waals surface area contributed by atoms with Crippen LogP contribution in [0.5, 0.6) is 0 Å². The lowest BCUT2D eigenvalue weighted by atomic mass is 10.00. The fourth-order valence-corrected chi connectivity index (χ4v) is 3.47. The minimum atomic E-state index is -0.534. The van der Waals surface area contributed by atoms with Gasteiger partial charge in [0.1, 0.15) is 0 Å². The number of rotatable bonds is 5. The number of nitrogens with one attached hydrogen (secondary N) is 1. The number of hydrogen-bond donors (Lipinski definition) is 1. The lowest BCUT2D eigenvalue weighted by Crippen LogP contribution is -2.45. The first-order valence-corrected chi connectivity index (χ1v) is 9.01. The summed E-state index contributed by atoms with van der Waals surface area (Å²) in [7, 11) is 0. The van der Waals surface area contributed by atoms with Crippen LogP contribution in [0.1, 0.15) is 38.3 Å². The van der Waals surface area contributed by atoms with Crippen molar-refractivity contribution in [1.82, 2.24) is 15.1 Å². The maximum atomic E-state index is 12.4. The van der Waals surface area contributed by atoms with Crippen LogP contribution in [0, 0.1) is 0 Å². The minimum absolute atomic E-state index is 0.0955. The summed E-state index contributed by atoms with van der Waals surface area (Å²) in [4.78, 5) is 38.1. The number of ether oxygens (including phenoxy) is 1. The Bertz CT molecular complexity index is 861. The van der Waals surface area contributed by atoms with Crippen LogP contribution in [-0.2, 0) is 20.7 Å². The number of aromatic amines is 1. The van der Waals surface area contributed by atoms with Gasteiger partial charge in [0, 0.05) is 18.0 Å². The maximum Gasteiger partial charge on any atom is 0.312 e. The number of benzene rings is 1. The second kappa shape index (κ2) is 8.12. The Hall–Kier alpha value is -2.70. The van der Waals surface area contributed by atoms with Crippen molar-refractivity contribution in [3.8, 4) is 0 Å². The van der Waals surface area contributed by atoms with Gasteiger partial charge in [0.05, 0.1) is 17.5 Å². The molecule has 1 atom stereocenters. The van der Waals surface area contributed by atoms with E-state index >= 15 is 0 Å². The Morgan fingerprint density at radius 1 is 1.27 bits per heavy atom. The molecule has 7 heteroatoms. The van der Waals surface area contributed by atoms with E-state index in [4.69, 9.17) is 4.74 Å². The first-order valence-electron chi connectivity index (χ1n) is 9.01. The number of piperidine rings is 1. The SMILES string of the molecule is CC[C@H]1CCCCN1C(=O)COC(=O)Cc1n[nH]c(=O)c2ccccc12. The van der Waals surface area contributed by atoms with Crippen LogP contribution in [0.3, 0.4) is 0 Å². The summed E-state index contributed by atoms with van der Waals surface area (Å²) in [5.74, 6) is -0.683. The summed E-state index contributed by atoms with van der Waals surface area (Å²) in [6, 6.07) is 7.18. The molecule has 1 N–H and O–H groups in total. The molecule has 0 aliphatic carbocycles. The van der Waals surface area contributed by atoms with Crippen LogP contribution in [0.15, 0.2) is 29.1 Å². The highest BCUT2D eigenvalue weighted by Gasteiger charge is 2.26. The number of hydrogen-bond acceptors (Lipinski definition) is 5. The third kappa shape index (κ3) is 3.92. The molecule has 2 aromatic rings. The number of fused-ring (bicyclic) bond motifs is 1. The molecule has 3 rings (SSSR count). The molecule has 138 valence electrons. The van der Waals surface area contributed by atoms with Gasteiger partial charge in [-0.05, 0) is 31.7 Å². The Labute approximate surface area is 151 Å². The lowest BCUT2D eigenvalue weighted by molar-refractivity contribution is -0.153. The average Bonchev–Trinajstić information content (AvgIpc) is 2.68. The topological polar surface area (TPSA) is 92.4 Å². The summed E-state index contributed by atoms with van der Waals surface area (Å²) in [6.07, 6.45) is 3.94. The molecule has 0 bridgehead atoms. The molecule has 1 aliphatic rings. The highest BCUT2D eigenvalue weighted by molar-refractivity contribution is 5.87. The maximum absolute atomic E-state index is 12.4. The van der Waals surface area contributed by atoms with E-state index in [9.17, 15) is 14.4 Å². The van der Waals surface area contributed by atoms with Crippen molar-refractivity contribution < 1.29 is 14.3 Å². The molecule has 7 nitrogen and oxygen atoms in total. The molecule has 0 spiro atoms. The third-order valence-electron chi connectivity index (χ3n) is 4.86. The molecule has 1 aromatic carbocycles. The Morgan fingerprint density at radius 3 is 2.81 bits per heavy atom. The predicted molar refractivity (Wildman–Crippen MR) is 96.7 cm³/mol. The van der Waals surface area contributed by atoms with E-state index in [1.807, 2.05) is 4.90 Å². The van der Waals surface area contributed by atoms with Gasteiger partial charge >= 0.3 is 5.97 Å². The summed E-state index contributed by atoms with van der Waals surface area (Å²) in [5.41, 5.74) is 0.130. The Kier molecular flexibility index (Phi) is 5.65. The number of nitrogens with zero attached hydrogens (tertiary/aromatic N) is 2. The molecule has 1 amide bonds. The van der Waals surface area contributed by atoms with Crippen molar-refractivity contribution in [2.24, 2.45) is 0 Å². The molecule has 0 radical (unpaired) electrons.